The van der Waals surface area contributed by atoms with Crippen molar-refractivity contribution in [3.63, 3.8) is 0 Å². The van der Waals surface area contributed by atoms with Crippen molar-refractivity contribution in [3.05, 3.63) is 41.9 Å². The summed E-state index contributed by atoms with van der Waals surface area (Å²) in [6.45, 7) is 2.13. The molecule has 1 aromatic carbocycles. The number of aryl methyl sites for hydroxylation is 1. The Morgan fingerprint density at radius 1 is 1.30 bits per heavy atom. The van der Waals surface area contributed by atoms with Crippen LogP contribution >= 0.6 is 0 Å². The van der Waals surface area contributed by atoms with Crippen molar-refractivity contribution in [2.75, 3.05) is 7.11 Å². The molecule has 3 rings (SSSR count). The first-order chi connectivity index (χ1) is 9.66. The van der Waals surface area contributed by atoms with Crippen LogP contribution in [0.4, 0.5) is 0 Å². The smallest absolute Gasteiger partial charge is 0.148 e. The van der Waals surface area contributed by atoms with E-state index in [0.29, 0.717) is 0 Å². The molecule has 0 unspecified atom stereocenters. The zero-order chi connectivity index (χ0) is 14.2. The summed E-state index contributed by atoms with van der Waals surface area (Å²) in [6.07, 6.45) is 4.68. The van der Waals surface area contributed by atoms with Crippen LogP contribution in [0.5, 0.6) is 5.75 Å². The van der Waals surface area contributed by atoms with Crippen LogP contribution in [0.25, 0.3) is 11.3 Å². The second-order valence-electron chi connectivity index (χ2n) is 5.31. The summed E-state index contributed by atoms with van der Waals surface area (Å²) in [5.41, 5.74) is 9.00. The van der Waals surface area contributed by atoms with Crippen LogP contribution in [0.2, 0.25) is 0 Å². The third kappa shape index (κ3) is 2.27. The number of aromatic nitrogens is 2. The van der Waals surface area contributed by atoms with Gasteiger partial charge in [-0.3, -0.25) is 0 Å². The van der Waals surface area contributed by atoms with E-state index in [0.717, 1.165) is 42.1 Å². The third-order valence-electron chi connectivity index (χ3n) is 3.84. The van der Waals surface area contributed by atoms with E-state index < -0.39 is 0 Å². The van der Waals surface area contributed by atoms with E-state index in [1.54, 1.807) is 13.3 Å². The van der Waals surface area contributed by atoms with Gasteiger partial charge in [-0.05, 0) is 43.0 Å². The number of nitrogens with zero attached hydrogens (tertiary/aromatic N) is 2. The van der Waals surface area contributed by atoms with Gasteiger partial charge in [0, 0.05) is 11.8 Å². The molecule has 0 spiro atoms. The molecule has 2 N–H and O–H groups in total. The summed E-state index contributed by atoms with van der Waals surface area (Å²) in [6, 6.07) is 8.11. The molecule has 104 valence electrons. The maximum Gasteiger partial charge on any atom is 0.148 e. The maximum absolute atomic E-state index is 6.19. The normalized spacial score (nSPS) is 15.9. The van der Waals surface area contributed by atoms with Gasteiger partial charge < -0.3 is 10.5 Å². The monoisotopic (exact) mass is 269 g/mol. The first-order valence-corrected chi connectivity index (χ1v) is 6.96. The summed E-state index contributed by atoms with van der Waals surface area (Å²) in [5.74, 6) is 1.56. The molecule has 1 aliphatic rings. The Labute approximate surface area is 119 Å². The van der Waals surface area contributed by atoms with Gasteiger partial charge in [-0.25, -0.2) is 9.97 Å². The highest BCUT2D eigenvalue weighted by Gasteiger charge is 2.43. The zero-order valence-electron chi connectivity index (χ0n) is 11.9. The van der Waals surface area contributed by atoms with Gasteiger partial charge in [-0.1, -0.05) is 13.0 Å². The summed E-state index contributed by atoms with van der Waals surface area (Å²) in [4.78, 5) is 8.96. The number of hydrogen-bond donors (Lipinski definition) is 1. The predicted octanol–water partition coefficient (Wildman–Crippen LogP) is 2.66. The fourth-order valence-electron chi connectivity index (χ4n) is 2.28. The molecule has 1 aromatic heterocycles. The molecule has 0 saturated heterocycles. The number of hydrogen-bond acceptors (Lipinski definition) is 4. The number of nitrogens with two attached hydrogens (primary N) is 1. The molecular weight excluding hydrogens is 250 g/mol. The molecule has 0 atom stereocenters. The predicted molar refractivity (Wildman–Crippen MR) is 78.5 cm³/mol. The minimum absolute atomic E-state index is 0.314. The molecule has 0 radical (unpaired) electrons. The lowest BCUT2D eigenvalue weighted by molar-refractivity contribution is 0.416. The van der Waals surface area contributed by atoms with E-state index in [4.69, 9.17) is 10.5 Å². The summed E-state index contributed by atoms with van der Waals surface area (Å²) >= 11 is 0. The molecular formula is C16H19N3O. The quantitative estimate of drug-likeness (QED) is 0.927. The van der Waals surface area contributed by atoms with Gasteiger partial charge in [-0.2, -0.15) is 0 Å². The van der Waals surface area contributed by atoms with Crippen LogP contribution in [0.1, 0.15) is 31.2 Å². The summed E-state index contributed by atoms with van der Waals surface area (Å²) in [5, 5.41) is 0. The Morgan fingerprint density at radius 2 is 2.10 bits per heavy atom. The second kappa shape index (κ2) is 4.87. The van der Waals surface area contributed by atoms with E-state index in [1.165, 1.54) is 5.56 Å². The third-order valence-corrected chi connectivity index (χ3v) is 3.84. The van der Waals surface area contributed by atoms with E-state index in [-0.39, 0.29) is 5.54 Å². The number of ether oxygens (including phenoxy) is 1. The largest absolute Gasteiger partial charge is 0.496 e. The van der Waals surface area contributed by atoms with Crippen molar-refractivity contribution in [3.8, 4) is 17.0 Å². The fraction of sp³-hybridized carbons (Fsp3) is 0.375. The number of benzene rings is 1. The van der Waals surface area contributed by atoms with E-state index >= 15 is 0 Å². The fourth-order valence-corrected chi connectivity index (χ4v) is 2.28. The van der Waals surface area contributed by atoms with Crippen LogP contribution in [0.15, 0.2) is 30.5 Å². The van der Waals surface area contributed by atoms with Crippen molar-refractivity contribution in [2.45, 2.75) is 31.7 Å². The lowest BCUT2D eigenvalue weighted by Gasteiger charge is -2.12. The van der Waals surface area contributed by atoms with E-state index in [9.17, 15) is 0 Å². The molecule has 0 aliphatic heterocycles. The Balaban J connectivity index is 2.08. The van der Waals surface area contributed by atoms with E-state index in [2.05, 4.69) is 29.0 Å². The molecule has 0 bridgehead atoms. The van der Waals surface area contributed by atoms with Crippen molar-refractivity contribution >= 4 is 0 Å². The van der Waals surface area contributed by atoms with Gasteiger partial charge >= 0.3 is 0 Å². The Morgan fingerprint density at radius 3 is 2.75 bits per heavy atom. The standard InChI is InChI=1S/C16H19N3O/c1-3-11-4-5-14(20-2)12(10-11)13-6-9-18-15(19-13)16(17)7-8-16/h4-6,9-10H,3,7-8,17H2,1-2H3. The molecule has 4 nitrogen and oxygen atoms in total. The minimum atomic E-state index is -0.314. The Hall–Kier alpha value is -1.94. The van der Waals surface area contributed by atoms with Crippen LogP contribution in [0.3, 0.4) is 0 Å². The topological polar surface area (TPSA) is 61.0 Å². The van der Waals surface area contributed by atoms with Crippen LogP contribution in [0, 0.1) is 0 Å². The average Bonchev–Trinajstić information content (AvgIpc) is 3.26. The molecule has 0 amide bonds. The Kier molecular flexibility index (Phi) is 3.18. The highest BCUT2D eigenvalue weighted by atomic mass is 16.5. The molecule has 2 aromatic rings. The minimum Gasteiger partial charge on any atom is -0.496 e. The zero-order valence-corrected chi connectivity index (χ0v) is 11.9. The molecule has 1 aliphatic carbocycles. The van der Waals surface area contributed by atoms with Crippen molar-refractivity contribution < 1.29 is 4.74 Å². The summed E-state index contributed by atoms with van der Waals surface area (Å²) in [7, 11) is 1.68. The van der Waals surface area contributed by atoms with Gasteiger partial charge in [-0.15, -0.1) is 0 Å². The first-order valence-electron chi connectivity index (χ1n) is 6.96. The number of methoxy groups -OCH3 is 1. The lowest BCUT2D eigenvalue weighted by atomic mass is 10.0. The lowest BCUT2D eigenvalue weighted by Crippen LogP contribution is -2.22. The van der Waals surface area contributed by atoms with Crippen LogP contribution in [-0.4, -0.2) is 17.1 Å². The first kappa shape index (κ1) is 13.1. The van der Waals surface area contributed by atoms with Gasteiger partial charge in [0.25, 0.3) is 0 Å². The van der Waals surface area contributed by atoms with Crippen molar-refractivity contribution in [1.29, 1.82) is 0 Å². The Bertz CT molecular complexity index is 635. The van der Waals surface area contributed by atoms with Crippen LogP contribution < -0.4 is 10.5 Å². The van der Waals surface area contributed by atoms with Crippen LogP contribution in [-0.2, 0) is 12.0 Å². The van der Waals surface area contributed by atoms with Gasteiger partial charge in [0.1, 0.15) is 11.6 Å². The molecule has 1 heterocycles. The van der Waals surface area contributed by atoms with Crippen molar-refractivity contribution in [1.82, 2.24) is 9.97 Å². The SMILES string of the molecule is CCc1ccc(OC)c(-c2ccnc(C3(N)CC3)n2)c1. The molecule has 1 fully saturated rings. The summed E-state index contributed by atoms with van der Waals surface area (Å²) < 4.78 is 5.45. The second-order valence-corrected chi connectivity index (χ2v) is 5.31. The maximum atomic E-state index is 6.19. The molecule has 20 heavy (non-hydrogen) atoms. The van der Waals surface area contributed by atoms with Crippen molar-refractivity contribution in [2.24, 2.45) is 5.73 Å². The van der Waals surface area contributed by atoms with Gasteiger partial charge in [0.05, 0.1) is 18.3 Å². The average molecular weight is 269 g/mol. The van der Waals surface area contributed by atoms with Gasteiger partial charge in [0.2, 0.25) is 0 Å². The highest BCUT2D eigenvalue weighted by Crippen LogP contribution is 2.41. The number of rotatable bonds is 4. The van der Waals surface area contributed by atoms with E-state index in [1.807, 2.05) is 12.1 Å². The molecule has 4 heteroatoms. The van der Waals surface area contributed by atoms with Gasteiger partial charge in [0.15, 0.2) is 0 Å². The molecule has 1 saturated carbocycles. The highest BCUT2D eigenvalue weighted by molar-refractivity contribution is 5.68.